The molecule has 0 bridgehead atoms. The Kier molecular flexibility index (Phi) is 1.83. The van der Waals surface area contributed by atoms with Crippen molar-refractivity contribution in [1.29, 1.82) is 0 Å². The van der Waals surface area contributed by atoms with Gasteiger partial charge in [-0.25, -0.2) is 0 Å². The summed E-state index contributed by atoms with van der Waals surface area (Å²) < 4.78 is 0. The van der Waals surface area contributed by atoms with Crippen molar-refractivity contribution in [1.82, 2.24) is 0 Å². The van der Waals surface area contributed by atoms with E-state index in [2.05, 4.69) is 36.9 Å². The molecular formula is C12H12. The van der Waals surface area contributed by atoms with Gasteiger partial charge in [-0.2, -0.15) is 0 Å². The number of fused-ring (bicyclic) bond motifs is 1. The van der Waals surface area contributed by atoms with Crippen molar-refractivity contribution in [2.45, 2.75) is 12.8 Å². The molecule has 0 saturated carbocycles. The highest BCUT2D eigenvalue weighted by atomic mass is 14.2. The number of benzene rings is 1. The van der Waals surface area contributed by atoms with E-state index in [0.717, 1.165) is 0 Å². The Hall–Kier alpha value is -1.30. The van der Waals surface area contributed by atoms with E-state index in [4.69, 9.17) is 0 Å². The molecule has 0 N–H and O–H groups in total. The SMILES string of the molecule is C=C/C=C1/CCc2ccccc21. The second kappa shape index (κ2) is 2.98. The Morgan fingerprint density at radius 2 is 2.00 bits per heavy atom. The van der Waals surface area contributed by atoms with Crippen molar-refractivity contribution in [3.8, 4) is 0 Å². The van der Waals surface area contributed by atoms with E-state index in [-0.39, 0.29) is 0 Å². The first-order valence-corrected chi connectivity index (χ1v) is 4.31. The first-order valence-electron chi connectivity index (χ1n) is 4.31. The zero-order chi connectivity index (χ0) is 8.39. The van der Waals surface area contributed by atoms with Crippen LogP contribution in [0.15, 0.2) is 43.0 Å². The van der Waals surface area contributed by atoms with Crippen molar-refractivity contribution in [3.63, 3.8) is 0 Å². The highest BCUT2D eigenvalue weighted by molar-refractivity contribution is 5.73. The van der Waals surface area contributed by atoms with Gasteiger partial charge in [0.1, 0.15) is 0 Å². The van der Waals surface area contributed by atoms with E-state index in [1.54, 1.807) is 0 Å². The molecule has 60 valence electrons. The average molecular weight is 156 g/mol. The maximum atomic E-state index is 3.72. The molecule has 12 heavy (non-hydrogen) atoms. The van der Waals surface area contributed by atoms with Crippen molar-refractivity contribution in [3.05, 3.63) is 54.1 Å². The van der Waals surface area contributed by atoms with Crippen molar-refractivity contribution < 1.29 is 0 Å². The molecule has 0 saturated heterocycles. The number of hydrogen-bond acceptors (Lipinski definition) is 0. The van der Waals surface area contributed by atoms with Crippen LogP contribution >= 0.6 is 0 Å². The molecule has 0 amide bonds. The van der Waals surface area contributed by atoms with Gasteiger partial charge in [0.25, 0.3) is 0 Å². The Morgan fingerprint density at radius 3 is 2.83 bits per heavy atom. The lowest BCUT2D eigenvalue weighted by Gasteiger charge is -1.97. The minimum Gasteiger partial charge on any atom is -0.0991 e. The lowest BCUT2D eigenvalue weighted by atomic mass is 10.1. The molecule has 0 spiro atoms. The molecule has 0 nitrogen and oxygen atoms in total. The summed E-state index contributed by atoms with van der Waals surface area (Å²) in [6, 6.07) is 8.60. The summed E-state index contributed by atoms with van der Waals surface area (Å²) in [7, 11) is 0. The molecule has 0 aliphatic heterocycles. The Labute approximate surface area is 73.2 Å². The van der Waals surface area contributed by atoms with E-state index >= 15 is 0 Å². The molecule has 1 aromatic rings. The van der Waals surface area contributed by atoms with Gasteiger partial charge in [0, 0.05) is 0 Å². The van der Waals surface area contributed by atoms with Crippen molar-refractivity contribution in [2.24, 2.45) is 0 Å². The van der Waals surface area contributed by atoms with E-state index in [1.165, 1.54) is 29.5 Å². The van der Waals surface area contributed by atoms with Gasteiger partial charge in [0.05, 0.1) is 0 Å². The summed E-state index contributed by atoms with van der Waals surface area (Å²) in [4.78, 5) is 0. The van der Waals surface area contributed by atoms with Crippen LogP contribution < -0.4 is 0 Å². The van der Waals surface area contributed by atoms with Crippen LogP contribution in [0.25, 0.3) is 5.57 Å². The number of hydrogen-bond donors (Lipinski definition) is 0. The molecule has 1 aliphatic carbocycles. The van der Waals surface area contributed by atoms with Crippen LogP contribution in [0, 0.1) is 0 Å². The highest BCUT2D eigenvalue weighted by Gasteiger charge is 2.13. The minimum absolute atomic E-state index is 1.17. The molecule has 2 rings (SSSR count). The molecule has 0 unspecified atom stereocenters. The average Bonchev–Trinajstić information content (AvgIpc) is 2.50. The van der Waals surface area contributed by atoms with Crippen LogP contribution in [0.4, 0.5) is 0 Å². The van der Waals surface area contributed by atoms with Gasteiger partial charge in [-0.05, 0) is 29.5 Å². The van der Waals surface area contributed by atoms with Gasteiger partial charge in [0.2, 0.25) is 0 Å². The van der Waals surface area contributed by atoms with Crippen LogP contribution in [0.1, 0.15) is 17.5 Å². The third-order valence-corrected chi connectivity index (χ3v) is 2.35. The normalized spacial score (nSPS) is 17.8. The Morgan fingerprint density at radius 1 is 1.17 bits per heavy atom. The van der Waals surface area contributed by atoms with E-state index in [1.807, 2.05) is 6.08 Å². The third-order valence-electron chi connectivity index (χ3n) is 2.35. The molecular weight excluding hydrogens is 144 g/mol. The smallest absolute Gasteiger partial charge is 0.0192 e. The molecule has 0 heterocycles. The Bertz CT molecular complexity index is 332. The largest absolute Gasteiger partial charge is 0.0991 e. The fourth-order valence-electron chi connectivity index (χ4n) is 1.77. The van der Waals surface area contributed by atoms with Gasteiger partial charge >= 0.3 is 0 Å². The number of aryl methyl sites for hydroxylation is 1. The first kappa shape index (κ1) is 7.35. The van der Waals surface area contributed by atoms with E-state index in [0.29, 0.717) is 0 Å². The second-order valence-electron chi connectivity index (χ2n) is 3.08. The fourth-order valence-corrected chi connectivity index (χ4v) is 1.77. The van der Waals surface area contributed by atoms with Gasteiger partial charge in [-0.3, -0.25) is 0 Å². The highest BCUT2D eigenvalue weighted by Crippen LogP contribution is 2.31. The maximum absolute atomic E-state index is 3.72. The summed E-state index contributed by atoms with van der Waals surface area (Å²) in [6.45, 7) is 3.72. The standard InChI is InChI=1S/C12H12/c1-2-5-10-8-9-11-6-3-4-7-12(10)11/h2-7H,1,8-9H2/b10-5-. The van der Waals surface area contributed by atoms with Crippen molar-refractivity contribution >= 4 is 5.57 Å². The molecule has 0 heteroatoms. The second-order valence-corrected chi connectivity index (χ2v) is 3.08. The third kappa shape index (κ3) is 1.10. The summed E-state index contributed by atoms with van der Waals surface area (Å²) in [5.74, 6) is 0. The molecule has 0 aromatic heterocycles. The monoisotopic (exact) mass is 156 g/mol. The predicted molar refractivity (Wildman–Crippen MR) is 52.9 cm³/mol. The summed E-state index contributed by atoms with van der Waals surface area (Å²) in [5, 5.41) is 0. The topological polar surface area (TPSA) is 0 Å². The number of rotatable bonds is 1. The van der Waals surface area contributed by atoms with Crippen molar-refractivity contribution in [2.75, 3.05) is 0 Å². The van der Waals surface area contributed by atoms with E-state index < -0.39 is 0 Å². The van der Waals surface area contributed by atoms with Crippen LogP contribution in [-0.4, -0.2) is 0 Å². The lowest BCUT2D eigenvalue weighted by Crippen LogP contribution is -1.77. The predicted octanol–water partition coefficient (Wildman–Crippen LogP) is 3.20. The minimum atomic E-state index is 1.17. The first-order chi connectivity index (χ1) is 5.92. The number of allylic oxidation sites excluding steroid dienone is 3. The van der Waals surface area contributed by atoms with Gasteiger partial charge in [0.15, 0.2) is 0 Å². The van der Waals surface area contributed by atoms with Crippen LogP contribution in [0.5, 0.6) is 0 Å². The molecule has 0 fully saturated rings. The molecule has 0 radical (unpaired) electrons. The summed E-state index contributed by atoms with van der Waals surface area (Å²) >= 11 is 0. The molecule has 1 aliphatic rings. The fraction of sp³-hybridized carbons (Fsp3) is 0.167. The van der Waals surface area contributed by atoms with Gasteiger partial charge in [-0.15, -0.1) is 0 Å². The van der Waals surface area contributed by atoms with Crippen LogP contribution in [0.2, 0.25) is 0 Å². The summed E-state index contributed by atoms with van der Waals surface area (Å²) in [5.41, 5.74) is 4.32. The lowest BCUT2D eigenvalue weighted by molar-refractivity contribution is 1.08. The van der Waals surface area contributed by atoms with Gasteiger partial charge in [-0.1, -0.05) is 43.0 Å². The molecule has 0 atom stereocenters. The zero-order valence-electron chi connectivity index (χ0n) is 7.09. The quantitative estimate of drug-likeness (QED) is 0.585. The van der Waals surface area contributed by atoms with Crippen LogP contribution in [0.3, 0.4) is 0 Å². The molecule has 1 aromatic carbocycles. The summed E-state index contributed by atoms with van der Waals surface area (Å²) in [6.07, 6.45) is 6.35. The zero-order valence-corrected chi connectivity index (χ0v) is 7.09. The van der Waals surface area contributed by atoms with Gasteiger partial charge < -0.3 is 0 Å². The Balaban J connectivity index is 2.49. The van der Waals surface area contributed by atoms with Crippen LogP contribution in [-0.2, 0) is 6.42 Å². The van der Waals surface area contributed by atoms with E-state index in [9.17, 15) is 0 Å². The maximum Gasteiger partial charge on any atom is -0.0192 e.